The van der Waals surface area contributed by atoms with E-state index in [2.05, 4.69) is 78.2 Å². The number of rotatable bonds is 4. The summed E-state index contributed by atoms with van der Waals surface area (Å²) < 4.78 is 0. The average Bonchev–Trinajstić information content (AvgIpc) is 2.73. The molecule has 1 aliphatic carbocycles. The third kappa shape index (κ3) is 5.97. The van der Waals surface area contributed by atoms with Crippen LogP contribution in [0.3, 0.4) is 0 Å². The minimum absolute atomic E-state index is 0. The maximum atomic E-state index is 4.56. The second-order valence-electron chi connectivity index (χ2n) is 7.61. The summed E-state index contributed by atoms with van der Waals surface area (Å²) in [5, 5.41) is 1.33. The lowest BCUT2D eigenvalue weighted by molar-refractivity contribution is 0.358. The van der Waals surface area contributed by atoms with Gasteiger partial charge in [-0.2, -0.15) is 13.5 Å². The molecule has 0 aliphatic heterocycles. The van der Waals surface area contributed by atoms with Gasteiger partial charge in [-0.25, -0.2) is 5.43 Å². The van der Waals surface area contributed by atoms with Gasteiger partial charge in [0.15, 0.2) is 0 Å². The number of hydrogen-bond acceptors (Lipinski definition) is 3. The minimum Gasteiger partial charge on any atom is -0.321 e. The highest BCUT2D eigenvalue weighted by Crippen LogP contribution is 2.36. The molecule has 0 atom stereocenters. The molecule has 3 nitrogen and oxygen atoms in total. The highest BCUT2D eigenvalue weighted by molar-refractivity contribution is 7.59. The Kier molecular flexibility index (Phi) is 8.99. The zero-order valence-corrected chi connectivity index (χ0v) is 19.1. The third-order valence-corrected chi connectivity index (χ3v) is 5.54. The van der Waals surface area contributed by atoms with E-state index in [1.165, 1.54) is 47.8 Å². The maximum absolute atomic E-state index is 4.56. The highest BCUT2D eigenvalue weighted by Gasteiger charge is 2.23. The summed E-state index contributed by atoms with van der Waals surface area (Å²) in [6, 6.07) is 17.9. The fraction of sp³-hybridized carbons (Fsp3) is 0.400. The van der Waals surface area contributed by atoms with Gasteiger partial charge < -0.3 is 5.43 Å². The standard InChI is InChI=1S/C23H27N3.C2H6.H2S/c1-16-4-3-5-20(14-16)26-25-19-9-7-18(8-10-19)21-12-13-24-23-15-17(2)6-11-22(21)23;1-2;/h3-6,11-15,18-19,25-26H,7-10H2,1-2H3;1-2H3;1H2. The zero-order valence-electron chi connectivity index (χ0n) is 18.1. The van der Waals surface area contributed by atoms with Crippen molar-refractivity contribution in [3.63, 3.8) is 0 Å². The van der Waals surface area contributed by atoms with Gasteiger partial charge in [0.05, 0.1) is 5.52 Å². The molecule has 0 amide bonds. The van der Waals surface area contributed by atoms with Gasteiger partial charge in [-0.1, -0.05) is 38.1 Å². The summed E-state index contributed by atoms with van der Waals surface area (Å²) in [7, 11) is 0. The number of anilines is 1. The SMILES string of the molecule is CC.Cc1cccc(NNC2CCC(c3ccnc4cc(C)ccc34)CC2)c1.S. The molecule has 29 heavy (non-hydrogen) atoms. The summed E-state index contributed by atoms with van der Waals surface area (Å²) in [5.41, 5.74) is 13.2. The summed E-state index contributed by atoms with van der Waals surface area (Å²) in [4.78, 5) is 4.56. The number of nitrogens with zero attached hydrogens (tertiary/aromatic N) is 1. The number of aromatic nitrogens is 1. The number of fused-ring (bicyclic) bond motifs is 1. The number of hydrogen-bond donors (Lipinski definition) is 2. The monoisotopic (exact) mass is 409 g/mol. The van der Waals surface area contributed by atoms with Gasteiger partial charge in [0.1, 0.15) is 0 Å². The Morgan fingerprint density at radius 2 is 1.59 bits per heavy atom. The Balaban J connectivity index is 0.000000970. The van der Waals surface area contributed by atoms with E-state index in [0.717, 1.165) is 11.2 Å². The Bertz CT molecular complexity index is 901. The Hall–Kier alpha value is -2.04. The molecule has 1 heterocycles. The first-order chi connectivity index (χ1) is 13.7. The Morgan fingerprint density at radius 1 is 0.862 bits per heavy atom. The Labute approximate surface area is 182 Å². The molecule has 0 bridgehead atoms. The fourth-order valence-corrected chi connectivity index (χ4v) is 4.09. The lowest BCUT2D eigenvalue weighted by Gasteiger charge is -2.30. The number of aryl methyl sites for hydroxylation is 2. The molecular formula is C25H35N3S. The molecule has 0 saturated heterocycles. The van der Waals surface area contributed by atoms with Crippen molar-refractivity contribution in [1.82, 2.24) is 10.4 Å². The average molecular weight is 410 g/mol. The van der Waals surface area contributed by atoms with Crippen molar-refractivity contribution >= 4 is 30.1 Å². The molecule has 2 N–H and O–H groups in total. The number of pyridine rings is 1. The molecule has 156 valence electrons. The number of hydrazine groups is 1. The van der Waals surface area contributed by atoms with Crippen LogP contribution in [0.4, 0.5) is 5.69 Å². The van der Waals surface area contributed by atoms with Crippen molar-refractivity contribution in [2.75, 3.05) is 5.43 Å². The molecule has 4 heteroatoms. The molecule has 0 radical (unpaired) electrons. The van der Waals surface area contributed by atoms with Crippen molar-refractivity contribution < 1.29 is 0 Å². The third-order valence-electron chi connectivity index (χ3n) is 5.54. The predicted octanol–water partition coefficient (Wildman–Crippen LogP) is 6.63. The molecule has 0 spiro atoms. The van der Waals surface area contributed by atoms with Crippen LogP contribution in [0, 0.1) is 13.8 Å². The van der Waals surface area contributed by atoms with E-state index < -0.39 is 0 Å². The van der Waals surface area contributed by atoms with E-state index in [0.29, 0.717) is 12.0 Å². The van der Waals surface area contributed by atoms with E-state index in [4.69, 9.17) is 0 Å². The molecular weight excluding hydrogens is 374 g/mol. The molecule has 1 fully saturated rings. The van der Waals surface area contributed by atoms with E-state index in [1.54, 1.807) is 0 Å². The first-order valence-corrected chi connectivity index (χ1v) is 10.6. The van der Waals surface area contributed by atoms with Crippen molar-refractivity contribution in [2.45, 2.75) is 65.3 Å². The van der Waals surface area contributed by atoms with Crippen LogP contribution in [0.1, 0.15) is 62.1 Å². The van der Waals surface area contributed by atoms with Crippen LogP contribution in [0.5, 0.6) is 0 Å². The smallest absolute Gasteiger partial charge is 0.0707 e. The van der Waals surface area contributed by atoms with E-state index in [1.807, 2.05) is 20.0 Å². The van der Waals surface area contributed by atoms with Crippen LogP contribution in [0.2, 0.25) is 0 Å². The molecule has 1 saturated carbocycles. The molecule has 1 aromatic heterocycles. The summed E-state index contributed by atoms with van der Waals surface area (Å²) >= 11 is 0. The van der Waals surface area contributed by atoms with Gasteiger partial charge in [0, 0.05) is 23.3 Å². The first kappa shape index (κ1) is 23.2. The van der Waals surface area contributed by atoms with Gasteiger partial charge in [0.2, 0.25) is 0 Å². The fourth-order valence-electron chi connectivity index (χ4n) is 4.09. The summed E-state index contributed by atoms with van der Waals surface area (Å²) in [5.74, 6) is 0.639. The van der Waals surface area contributed by atoms with Crippen LogP contribution in [0.25, 0.3) is 10.9 Å². The topological polar surface area (TPSA) is 37.0 Å². The van der Waals surface area contributed by atoms with E-state index in [9.17, 15) is 0 Å². The molecule has 1 aliphatic rings. The quantitative estimate of drug-likeness (QED) is 0.475. The maximum Gasteiger partial charge on any atom is 0.0707 e. The first-order valence-electron chi connectivity index (χ1n) is 10.6. The zero-order chi connectivity index (χ0) is 19.9. The number of benzene rings is 2. The van der Waals surface area contributed by atoms with Crippen molar-refractivity contribution in [1.29, 1.82) is 0 Å². The molecule has 0 unspecified atom stereocenters. The lowest BCUT2D eigenvalue weighted by atomic mass is 9.81. The van der Waals surface area contributed by atoms with Crippen LogP contribution < -0.4 is 10.9 Å². The van der Waals surface area contributed by atoms with Gasteiger partial charge in [-0.15, -0.1) is 0 Å². The van der Waals surface area contributed by atoms with Crippen LogP contribution in [-0.2, 0) is 0 Å². The largest absolute Gasteiger partial charge is 0.321 e. The predicted molar refractivity (Wildman–Crippen MR) is 131 cm³/mol. The lowest BCUT2D eigenvalue weighted by Crippen LogP contribution is -2.36. The van der Waals surface area contributed by atoms with Crippen LogP contribution >= 0.6 is 13.5 Å². The molecule has 2 aromatic carbocycles. The van der Waals surface area contributed by atoms with Gasteiger partial charge in [0.25, 0.3) is 0 Å². The van der Waals surface area contributed by atoms with Crippen molar-refractivity contribution in [3.8, 4) is 0 Å². The minimum atomic E-state index is 0. The highest BCUT2D eigenvalue weighted by atomic mass is 32.1. The normalized spacial score (nSPS) is 18.3. The van der Waals surface area contributed by atoms with Gasteiger partial charge >= 0.3 is 0 Å². The molecule has 4 rings (SSSR count). The van der Waals surface area contributed by atoms with E-state index >= 15 is 0 Å². The second kappa shape index (κ2) is 11.2. The summed E-state index contributed by atoms with van der Waals surface area (Å²) in [6.07, 6.45) is 6.80. The van der Waals surface area contributed by atoms with Gasteiger partial charge in [-0.05, 0) is 86.4 Å². The summed E-state index contributed by atoms with van der Waals surface area (Å²) in [6.45, 7) is 8.25. The van der Waals surface area contributed by atoms with Crippen molar-refractivity contribution in [2.24, 2.45) is 0 Å². The Morgan fingerprint density at radius 3 is 2.31 bits per heavy atom. The van der Waals surface area contributed by atoms with E-state index in [-0.39, 0.29) is 13.5 Å². The van der Waals surface area contributed by atoms with Crippen LogP contribution in [-0.4, -0.2) is 11.0 Å². The second-order valence-corrected chi connectivity index (χ2v) is 7.61. The number of nitrogens with one attached hydrogen (secondary N) is 2. The van der Waals surface area contributed by atoms with Crippen LogP contribution in [0.15, 0.2) is 54.7 Å². The van der Waals surface area contributed by atoms with Gasteiger partial charge in [-0.3, -0.25) is 4.98 Å². The molecule has 3 aromatic rings. The van der Waals surface area contributed by atoms with Crippen molar-refractivity contribution in [3.05, 3.63) is 71.4 Å².